The maximum atomic E-state index is 6.25. The van der Waals surface area contributed by atoms with E-state index >= 15 is 0 Å². The molecule has 3 rings (SSSR count). The van der Waals surface area contributed by atoms with Crippen LogP contribution in [0.15, 0.2) is 0 Å². The van der Waals surface area contributed by atoms with E-state index < -0.39 is 0 Å². The Labute approximate surface area is 104 Å². The molecule has 2 unspecified atom stereocenters. The lowest BCUT2D eigenvalue weighted by atomic mass is 9.75. The number of hydrogen-bond acceptors (Lipinski definition) is 3. The molecule has 1 aliphatic carbocycles. The maximum Gasteiger partial charge on any atom is 0.119 e. The number of hydrogen-bond donors (Lipinski definition) is 1. The molecule has 17 heavy (non-hydrogen) atoms. The van der Waals surface area contributed by atoms with Gasteiger partial charge in [-0.25, -0.2) is 0 Å². The summed E-state index contributed by atoms with van der Waals surface area (Å²) in [5, 5.41) is 3.71. The number of nitrogens with one attached hydrogen (secondary N) is 1. The molecule has 3 aliphatic rings. The first kappa shape index (κ1) is 11.9. The molecule has 3 heteroatoms. The van der Waals surface area contributed by atoms with Crippen molar-refractivity contribution < 1.29 is 9.47 Å². The van der Waals surface area contributed by atoms with Crippen LogP contribution >= 0.6 is 0 Å². The van der Waals surface area contributed by atoms with Gasteiger partial charge < -0.3 is 9.47 Å². The van der Waals surface area contributed by atoms with Gasteiger partial charge in [-0.2, -0.15) is 0 Å². The Morgan fingerprint density at radius 2 is 2.06 bits per heavy atom. The largest absolute Gasteiger partial charge is 0.380 e. The van der Waals surface area contributed by atoms with Crippen molar-refractivity contribution in [1.82, 2.24) is 5.32 Å². The maximum absolute atomic E-state index is 6.25. The molecule has 3 fully saturated rings. The molecule has 3 nitrogen and oxygen atoms in total. The van der Waals surface area contributed by atoms with Crippen LogP contribution in [-0.4, -0.2) is 32.1 Å². The van der Waals surface area contributed by atoms with E-state index in [2.05, 4.69) is 19.2 Å². The number of rotatable bonds is 1. The number of ether oxygens (including phenoxy) is 2. The molecule has 2 atom stereocenters. The average Bonchev–Trinajstić information content (AvgIpc) is 2.28. The minimum absolute atomic E-state index is 0.00593. The van der Waals surface area contributed by atoms with Crippen molar-refractivity contribution in [3.05, 3.63) is 0 Å². The summed E-state index contributed by atoms with van der Waals surface area (Å²) in [5.41, 5.74) is 0.296. The van der Waals surface area contributed by atoms with E-state index in [1.54, 1.807) is 0 Å². The summed E-state index contributed by atoms with van der Waals surface area (Å²) in [7, 11) is 0. The van der Waals surface area contributed by atoms with Crippen molar-refractivity contribution in [1.29, 1.82) is 0 Å². The lowest BCUT2D eigenvalue weighted by molar-refractivity contribution is -0.233. The zero-order valence-electron chi connectivity index (χ0n) is 11.1. The third-order valence-electron chi connectivity index (χ3n) is 4.95. The zero-order chi connectivity index (χ0) is 11.9. The average molecular weight is 239 g/mol. The topological polar surface area (TPSA) is 30.5 Å². The Morgan fingerprint density at radius 1 is 1.24 bits per heavy atom. The molecule has 0 radical (unpaired) electrons. The molecule has 2 saturated heterocycles. The van der Waals surface area contributed by atoms with Gasteiger partial charge in [0, 0.05) is 6.54 Å². The normalized spacial score (nSPS) is 40.8. The summed E-state index contributed by atoms with van der Waals surface area (Å²) >= 11 is 0. The van der Waals surface area contributed by atoms with Crippen LogP contribution in [0, 0.1) is 17.3 Å². The SMILES string of the molecule is CC(C)C1CCCC2(C1)NCC1(COC1)CO2. The van der Waals surface area contributed by atoms with E-state index in [4.69, 9.17) is 9.47 Å². The quantitative estimate of drug-likeness (QED) is 0.760. The van der Waals surface area contributed by atoms with Crippen molar-refractivity contribution >= 4 is 0 Å². The second kappa shape index (κ2) is 4.22. The van der Waals surface area contributed by atoms with Gasteiger partial charge in [0.25, 0.3) is 0 Å². The first-order valence-electron chi connectivity index (χ1n) is 7.10. The molecule has 2 aliphatic heterocycles. The fourth-order valence-electron chi connectivity index (χ4n) is 3.46. The third kappa shape index (κ3) is 2.13. The molecule has 2 spiro atoms. The van der Waals surface area contributed by atoms with E-state index in [9.17, 15) is 0 Å². The Bertz CT molecular complexity index is 276. The molecule has 0 aromatic carbocycles. The van der Waals surface area contributed by atoms with E-state index in [1.807, 2.05) is 0 Å². The predicted molar refractivity (Wildman–Crippen MR) is 66.7 cm³/mol. The first-order valence-corrected chi connectivity index (χ1v) is 7.10. The Kier molecular flexibility index (Phi) is 2.96. The van der Waals surface area contributed by atoms with Crippen LogP contribution in [0.5, 0.6) is 0 Å². The molecule has 1 saturated carbocycles. The molecular weight excluding hydrogens is 214 g/mol. The fourth-order valence-corrected chi connectivity index (χ4v) is 3.46. The van der Waals surface area contributed by atoms with Gasteiger partial charge in [-0.05, 0) is 37.5 Å². The minimum atomic E-state index is -0.00593. The molecular formula is C14H25NO2. The van der Waals surface area contributed by atoms with Crippen LogP contribution in [-0.2, 0) is 9.47 Å². The van der Waals surface area contributed by atoms with E-state index in [-0.39, 0.29) is 5.72 Å². The van der Waals surface area contributed by atoms with Gasteiger partial charge in [0.2, 0.25) is 0 Å². The summed E-state index contributed by atoms with van der Waals surface area (Å²) < 4.78 is 11.6. The van der Waals surface area contributed by atoms with Gasteiger partial charge in [0.05, 0.1) is 25.2 Å². The van der Waals surface area contributed by atoms with Crippen molar-refractivity contribution in [2.75, 3.05) is 26.4 Å². The van der Waals surface area contributed by atoms with E-state index in [0.29, 0.717) is 5.41 Å². The standard InChI is InChI=1S/C14H25NO2/c1-11(2)12-4-3-5-14(6-12)15-7-13(10-17-14)8-16-9-13/h11-12,15H,3-10H2,1-2H3. The van der Waals surface area contributed by atoms with Crippen LogP contribution in [0.1, 0.15) is 39.5 Å². The minimum Gasteiger partial charge on any atom is -0.380 e. The molecule has 0 amide bonds. The van der Waals surface area contributed by atoms with Crippen molar-refractivity contribution in [3.63, 3.8) is 0 Å². The van der Waals surface area contributed by atoms with Crippen LogP contribution in [0.4, 0.5) is 0 Å². The molecule has 0 aromatic rings. The Balaban J connectivity index is 1.62. The highest BCUT2D eigenvalue weighted by molar-refractivity contribution is 4.97. The summed E-state index contributed by atoms with van der Waals surface area (Å²) in [6.45, 7) is 8.41. The van der Waals surface area contributed by atoms with Gasteiger partial charge in [0.1, 0.15) is 5.72 Å². The summed E-state index contributed by atoms with van der Waals surface area (Å²) in [6, 6.07) is 0. The molecule has 1 N–H and O–H groups in total. The van der Waals surface area contributed by atoms with Gasteiger partial charge in [-0.1, -0.05) is 13.8 Å². The van der Waals surface area contributed by atoms with Crippen LogP contribution < -0.4 is 5.32 Å². The lowest BCUT2D eigenvalue weighted by Crippen LogP contribution is -2.65. The summed E-state index contributed by atoms with van der Waals surface area (Å²) in [6.07, 6.45) is 5.06. The summed E-state index contributed by atoms with van der Waals surface area (Å²) in [5.74, 6) is 1.60. The highest BCUT2D eigenvalue weighted by Gasteiger charge is 2.49. The van der Waals surface area contributed by atoms with Gasteiger partial charge >= 0.3 is 0 Å². The van der Waals surface area contributed by atoms with E-state index in [1.165, 1.54) is 25.7 Å². The van der Waals surface area contributed by atoms with Gasteiger partial charge in [-0.15, -0.1) is 0 Å². The lowest BCUT2D eigenvalue weighted by Gasteiger charge is -2.53. The van der Waals surface area contributed by atoms with Gasteiger partial charge in [0.15, 0.2) is 0 Å². The first-order chi connectivity index (χ1) is 8.13. The van der Waals surface area contributed by atoms with Crippen molar-refractivity contribution in [3.8, 4) is 0 Å². The highest BCUT2D eigenvalue weighted by atomic mass is 16.5. The molecule has 98 valence electrons. The highest BCUT2D eigenvalue weighted by Crippen LogP contribution is 2.42. The smallest absolute Gasteiger partial charge is 0.119 e. The van der Waals surface area contributed by atoms with Gasteiger partial charge in [-0.3, -0.25) is 5.32 Å². The van der Waals surface area contributed by atoms with Crippen LogP contribution in [0.2, 0.25) is 0 Å². The third-order valence-corrected chi connectivity index (χ3v) is 4.95. The monoisotopic (exact) mass is 239 g/mol. The van der Waals surface area contributed by atoms with Crippen LogP contribution in [0.3, 0.4) is 0 Å². The molecule has 0 aromatic heterocycles. The van der Waals surface area contributed by atoms with Crippen LogP contribution in [0.25, 0.3) is 0 Å². The van der Waals surface area contributed by atoms with E-state index in [0.717, 1.165) is 38.2 Å². The van der Waals surface area contributed by atoms with Crippen molar-refractivity contribution in [2.24, 2.45) is 17.3 Å². The van der Waals surface area contributed by atoms with Crippen molar-refractivity contribution in [2.45, 2.75) is 45.3 Å². The second-order valence-corrected chi connectivity index (χ2v) is 6.73. The Morgan fingerprint density at radius 3 is 2.59 bits per heavy atom. The molecule has 0 bridgehead atoms. The Hall–Kier alpha value is -0.120. The second-order valence-electron chi connectivity index (χ2n) is 6.73. The zero-order valence-corrected chi connectivity index (χ0v) is 11.1. The predicted octanol–water partition coefficient (Wildman–Crippen LogP) is 2.17. The summed E-state index contributed by atoms with van der Waals surface area (Å²) in [4.78, 5) is 0. The fraction of sp³-hybridized carbons (Fsp3) is 1.00. The molecule has 2 heterocycles.